The molecule has 2 heterocycles. The summed E-state index contributed by atoms with van der Waals surface area (Å²) >= 11 is 0. The van der Waals surface area contributed by atoms with Gasteiger partial charge in [-0.3, -0.25) is 9.20 Å². The molecule has 0 spiro atoms. The molecule has 0 aliphatic carbocycles. The van der Waals surface area contributed by atoms with Crippen molar-refractivity contribution < 1.29 is 27.9 Å². The molecule has 0 bridgehead atoms. The fraction of sp³-hybridized carbons (Fsp3) is 0.400. The number of nitrogens with one attached hydrogen (secondary N) is 1. The van der Waals surface area contributed by atoms with Gasteiger partial charge >= 0.3 is 12.1 Å². The van der Waals surface area contributed by atoms with E-state index in [-0.39, 0.29) is 17.0 Å². The third-order valence-corrected chi connectivity index (χ3v) is 3.53. The van der Waals surface area contributed by atoms with Crippen molar-refractivity contribution in [3.05, 3.63) is 35.3 Å². The minimum atomic E-state index is -4.57. The van der Waals surface area contributed by atoms with Crippen molar-refractivity contribution in [2.24, 2.45) is 0 Å². The third-order valence-electron chi connectivity index (χ3n) is 3.53. The Bertz CT molecular complexity index is 809. The number of hydrogen-bond acceptors (Lipinski definition) is 3. The second-order valence-corrected chi connectivity index (χ2v) is 5.79. The topological polar surface area (TPSA) is 83.7 Å². The first-order valence-corrected chi connectivity index (χ1v) is 7.11. The third kappa shape index (κ3) is 3.19. The van der Waals surface area contributed by atoms with Gasteiger partial charge in [-0.1, -0.05) is 6.92 Å². The smallest absolute Gasteiger partial charge is 0.417 e. The van der Waals surface area contributed by atoms with E-state index in [0.29, 0.717) is 6.42 Å². The van der Waals surface area contributed by atoms with Crippen LogP contribution in [0.2, 0.25) is 0 Å². The highest BCUT2D eigenvalue weighted by Gasteiger charge is 2.34. The molecule has 2 rings (SSSR count). The number of alkyl halides is 3. The zero-order valence-corrected chi connectivity index (χ0v) is 13.2. The number of aromatic nitrogens is 2. The number of nitrogens with zero attached hydrogens (tertiary/aromatic N) is 2. The van der Waals surface area contributed by atoms with Crippen LogP contribution in [0.25, 0.3) is 5.65 Å². The molecular formula is C15H16F3N3O3. The van der Waals surface area contributed by atoms with Crippen LogP contribution < -0.4 is 5.32 Å². The van der Waals surface area contributed by atoms with Crippen molar-refractivity contribution in [1.82, 2.24) is 14.7 Å². The molecule has 9 heteroatoms. The fourth-order valence-electron chi connectivity index (χ4n) is 2.14. The number of carboxylic acid groups (broad SMARTS) is 1. The highest BCUT2D eigenvalue weighted by molar-refractivity contribution is 5.98. The van der Waals surface area contributed by atoms with Crippen LogP contribution >= 0.6 is 0 Å². The van der Waals surface area contributed by atoms with Crippen molar-refractivity contribution in [2.75, 3.05) is 0 Å². The maximum atomic E-state index is 12.9. The second kappa shape index (κ2) is 5.81. The molecule has 24 heavy (non-hydrogen) atoms. The van der Waals surface area contributed by atoms with Crippen molar-refractivity contribution in [3.63, 3.8) is 0 Å². The van der Waals surface area contributed by atoms with Crippen LogP contribution in [0.5, 0.6) is 0 Å². The summed E-state index contributed by atoms with van der Waals surface area (Å²) in [6.45, 7) is 4.26. The van der Waals surface area contributed by atoms with E-state index in [1.807, 2.05) is 0 Å². The molecule has 2 aromatic heterocycles. The van der Waals surface area contributed by atoms with Crippen molar-refractivity contribution in [3.8, 4) is 0 Å². The predicted molar refractivity (Wildman–Crippen MR) is 78.8 cm³/mol. The number of imidazole rings is 1. The van der Waals surface area contributed by atoms with Crippen LogP contribution in [0.3, 0.4) is 0 Å². The molecule has 0 saturated heterocycles. The first kappa shape index (κ1) is 17.8. The van der Waals surface area contributed by atoms with Gasteiger partial charge in [0.2, 0.25) is 0 Å². The molecule has 0 atom stereocenters. The summed E-state index contributed by atoms with van der Waals surface area (Å²) < 4.78 is 39.7. The lowest BCUT2D eigenvalue weighted by atomic mass is 10.1. The van der Waals surface area contributed by atoms with Gasteiger partial charge in [0.15, 0.2) is 0 Å². The number of carbonyl (C=O) groups excluding carboxylic acids is 1. The summed E-state index contributed by atoms with van der Waals surface area (Å²) in [7, 11) is 0. The summed E-state index contributed by atoms with van der Waals surface area (Å²) in [5, 5.41) is 11.4. The monoisotopic (exact) mass is 343 g/mol. The number of rotatable bonds is 4. The highest BCUT2D eigenvalue weighted by Crippen LogP contribution is 2.30. The van der Waals surface area contributed by atoms with Gasteiger partial charge in [-0.25, -0.2) is 9.78 Å². The van der Waals surface area contributed by atoms with E-state index in [9.17, 15) is 22.8 Å². The first-order valence-electron chi connectivity index (χ1n) is 7.11. The van der Waals surface area contributed by atoms with Crippen LogP contribution in [-0.2, 0) is 17.4 Å². The molecule has 0 aliphatic rings. The average Bonchev–Trinajstić information content (AvgIpc) is 2.83. The Morgan fingerprint density at radius 2 is 1.92 bits per heavy atom. The Kier molecular flexibility index (Phi) is 4.30. The number of carbonyl (C=O) groups is 2. The lowest BCUT2D eigenvalue weighted by Gasteiger charge is -2.21. The van der Waals surface area contributed by atoms with Gasteiger partial charge in [-0.2, -0.15) is 13.2 Å². The van der Waals surface area contributed by atoms with Gasteiger partial charge in [0.25, 0.3) is 5.91 Å². The fourth-order valence-corrected chi connectivity index (χ4v) is 2.14. The van der Waals surface area contributed by atoms with E-state index in [4.69, 9.17) is 5.11 Å². The number of fused-ring (bicyclic) bond motifs is 1. The molecule has 2 N–H and O–H groups in total. The molecule has 0 saturated carbocycles. The molecule has 6 nitrogen and oxygen atoms in total. The standard InChI is InChI=1S/C15H16F3N3O3/c1-4-9-11(12(22)20-14(2,3)13(23)24)21-7-8(15(16,17)18)5-6-10(21)19-9/h5-7H,4H2,1-3H3,(H,20,22)(H,23,24). The van der Waals surface area contributed by atoms with E-state index in [2.05, 4.69) is 10.3 Å². The number of aliphatic carboxylic acids is 1. The van der Waals surface area contributed by atoms with Crippen LogP contribution in [0.15, 0.2) is 18.3 Å². The quantitative estimate of drug-likeness (QED) is 0.893. The Morgan fingerprint density at radius 3 is 2.42 bits per heavy atom. The summed E-state index contributed by atoms with van der Waals surface area (Å²) in [5.74, 6) is -2.07. The lowest BCUT2D eigenvalue weighted by molar-refractivity contribution is -0.143. The number of pyridine rings is 1. The molecule has 0 radical (unpaired) electrons. The molecule has 130 valence electrons. The molecule has 0 fully saturated rings. The summed E-state index contributed by atoms with van der Waals surface area (Å²) in [6.07, 6.45) is -3.48. The normalized spacial score (nSPS) is 12.4. The van der Waals surface area contributed by atoms with Crippen LogP contribution in [0, 0.1) is 0 Å². The van der Waals surface area contributed by atoms with Gasteiger partial charge in [-0.15, -0.1) is 0 Å². The highest BCUT2D eigenvalue weighted by atomic mass is 19.4. The maximum absolute atomic E-state index is 12.9. The average molecular weight is 343 g/mol. The number of halogens is 3. The van der Waals surface area contributed by atoms with Gasteiger partial charge < -0.3 is 10.4 Å². The van der Waals surface area contributed by atoms with E-state index in [0.717, 1.165) is 16.7 Å². The van der Waals surface area contributed by atoms with Crippen LogP contribution in [0.1, 0.15) is 42.5 Å². The van der Waals surface area contributed by atoms with Gasteiger partial charge in [-0.05, 0) is 32.4 Å². The van der Waals surface area contributed by atoms with Crippen LogP contribution in [0.4, 0.5) is 13.2 Å². The SMILES string of the molecule is CCc1nc2ccc(C(F)(F)F)cn2c1C(=O)NC(C)(C)C(=O)O. The zero-order valence-electron chi connectivity index (χ0n) is 13.2. The van der Waals surface area contributed by atoms with E-state index >= 15 is 0 Å². The van der Waals surface area contributed by atoms with Gasteiger partial charge in [0, 0.05) is 6.20 Å². The minimum Gasteiger partial charge on any atom is -0.480 e. The van der Waals surface area contributed by atoms with Crippen molar-refractivity contribution in [1.29, 1.82) is 0 Å². The van der Waals surface area contributed by atoms with Crippen LogP contribution in [-0.4, -0.2) is 31.9 Å². The molecule has 0 aliphatic heterocycles. The molecule has 1 amide bonds. The molecular weight excluding hydrogens is 327 g/mol. The molecule has 0 unspecified atom stereocenters. The maximum Gasteiger partial charge on any atom is 0.417 e. The van der Waals surface area contributed by atoms with E-state index < -0.39 is 29.2 Å². The number of hydrogen-bond donors (Lipinski definition) is 2. The van der Waals surface area contributed by atoms with Gasteiger partial charge in [0.1, 0.15) is 16.9 Å². The molecule has 2 aromatic rings. The van der Waals surface area contributed by atoms with Crippen molar-refractivity contribution >= 4 is 17.5 Å². The number of carboxylic acids is 1. The summed E-state index contributed by atoms with van der Waals surface area (Å²) in [5.41, 5.74) is -2.14. The lowest BCUT2D eigenvalue weighted by Crippen LogP contribution is -2.50. The first-order chi connectivity index (χ1) is 11.0. The van der Waals surface area contributed by atoms with E-state index in [1.165, 1.54) is 19.9 Å². The van der Waals surface area contributed by atoms with Crippen molar-refractivity contribution in [2.45, 2.75) is 38.9 Å². The minimum absolute atomic E-state index is 0.104. The Morgan fingerprint density at radius 1 is 1.29 bits per heavy atom. The zero-order chi connectivity index (χ0) is 18.3. The molecule has 0 aromatic carbocycles. The predicted octanol–water partition coefficient (Wildman–Crippen LogP) is 2.51. The summed E-state index contributed by atoms with van der Waals surface area (Å²) in [4.78, 5) is 27.7. The van der Waals surface area contributed by atoms with E-state index in [1.54, 1.807) is 6.92 Å². The second-order valence-electron chi connectivity index (χ2n) is 5.79. The number of aryl methyl sites for hydroxylation is 1. The largest absolute Gasteiger partial charge is 0.480 e. The Balaban J connectivity index is 2.58. The number of amides is 1. The Labute approximate surface area is 135 Å². The summed E-state index contributed by atoms with van der Waals surface area (Å²) in [6, 6.07) is 2.05. The van der Waals surface area contributed by atoms with Gasteiger partial charge in [0.05, 0.1) is 11.3 Å². The Hall–Kier alpha value is -2.58.